The number of carboxylic acid groups (broad SMARTS) is 1. The molecule has 4 heteroatoms. The van der Waals surface area contributed by atoms with Gasteiger partial charge in [0, 0.05) is 6.42 Å². The number of quaternary nitrogens is 1. The topological polar surface area (TPSA) is 57.5 Å². The zero-order chi connectivity index (χ0) is 23.2. The van der Waals surface area contributed by atoms with Crippen LogP contribution >= 0.6 is 0 Å². The third-order valence-electron chi connectivity index (χ3n) is 6.50. The Morgan fingerprint density at radius 1 is 0.677 bits per heavy atom. The van der Waals surface area contributed by atoms with Crippen LogP contribution in [0.15, 0.2) is 0 Å². The molecule has 0 aromatic carbocycles. The van der Waals surface area contributed by atoms with Crippen LogP contribution in [0.4, 0.5) is 0 Å². The molecule has 0 aliphatic rings. The van der Waals surface area contributed by atoms with E-state index in [2.05, 4.69) is 21.0 Å². The van der Waals surface area contributed by atoms with Gasteiger partial charge in [-0.15, -0.1) is 0 Å². The van der Waals surface area contributed by atoms with Crippen molar-refractivity contribution in [3.63, 3.8) is 0 Å². The summed E-state index contributed by atoms with van der Waals surface area (Å²) in [6, 6.07) is 0. The Hall–Kier alpha value is -0.610. The summed E-state index contributed by atoms with van der Waals surface area (Å²) in [7, 11) is 4.44. The maximum Gasteiger partial charge on any atom is 0.303 e. The minimum absolute atomic E-state index is 0.182. The van der Waals surface area contributed by atoms with Crippen LogP contribution in [0.2, 0.25) is 0 Å². The smallest absolute Gasteiger partial charge is 0.303 e. The molecule has 0 aromatic heterocycles. The first kappa shape index (κ1) is 30.4. The quantitative estimate of drug-likeness (QED) is 0.121. The van der Waals surface area contributed by atoms with E-state index in [0.29, 0.717) is 6.42 Å². The number of carboxylic acids is 1. The van der Waals surface area contributed by atoms with Crippen molar-refractivity contribution < 1.29 is 19.5 Å². The summed E-state index contributed by atoms with van der Waals surface area (Å²) >= 11 is 0. The molecule has 0 aromatic rings. The molecule has 1 atom stereocenters. The van der Waals surface area contributed by atoms with Crippen LogP contribution in [0, 0.1) is 0 Å². The number of likely N-dealkylation sites (N-methyl/N-ethyl adjacent to an activating group) is 1. The van der Waals surface area contributed by atoms with Crippen molar-refractivity contribution in [1.29, 1.82) is 0 Å². The highest BCUT2D eigenvalue weighted by atomic mass is 16.4. The fraction of sp³-hybridized carbons (Fsp3) is 0.963. The van der Waals surface area contributed by atoms with Crippen LogP contribution in [0.3, 0.4) is 0 Å². The highest BCUT2D eigenvalue weighted by molar-refractivity contribution is 5.66. The molecule has 1 unspecified atom stereocenters. The Bertz CT molecular complexity index is 398. The van der Waals surface area contributed by atoms with Gasteiger partial charge >= 0.3 is 5.97 Å². The number of aliphatic carboxylic acids is 1. The van der Waals surface area contributed by atoms with Crippen LogP contribution in [-0.2, 0) is 4.79 Å². The Kier molecular flexibility index (Phi) is 20.8. The van der Waals surface area contributed by atoms with Crippen LogP contribution in [0.25, 0.3) is 0 Å². The van der Waals surface area contributed by atoms with E-state index in [4.69, 9.17) is 5.11 Å². The van der Waals surface area contributed by atoms with Gasteiger partial charge in [0.05, 0.1) is 20.6 Å². The predicted molar refractivity (Wildman–Crippen MR) is 133 cm³/mol. The molecule has 186 valence electrons. The minimum atomic E-state index is -0.685. The normalized spacial score (nSPS) is 12.9. The predicted octanol–water partition coefficient (Wildman–Crippen LogP) is 7.33. The van der Waals surface area contributed by atoms with Gasteiger partial charge in [0.15, 0.2) is 0 Å². The third-order valence-corrected chi connectivity index (χ3v) is 6.50. The van der Waals surface area contributed by atoms with E-state index in [-0.39, 0.29) is 6.10 Å². The van der Waals surface area contributed by atoms with E-state index in [1.807, 2.05) is 0 Å². The summed E-state index contributed by atoms with van der Waals surface area (Å²) in [5, 5.41) is 19.1. The largest absolute Gasteiger partial charge is 0.481 e. The molecule has 0 heterocycles. The molecule has 0 spiro atoms. The molecule has 0 aliphatic heterocycles. The Balaban J connectivity index is 3.46. The van der Waals surface area contributed by atoms with E-state index >= 15 is 0 Å². The van der Waals surface area contributed by atoms with E-state index in [1.54, 1.807) is 0 Å². The van der Waals surface area contributed by atoms with Crippen LogP contribution in [0.5, 0.6) is 0 Å². The molecule has 31 heavy (non-hydrogen) atoms. The van der Waals surface area contributed by atoms with Gasteiger partial charge < -0.3 is 14.7 Å². The number of hydrogen-bond donors (Lipinski definition) is 2. The molecule has 2 N–H and O–H groups in total. The summed E-state index contributed by atoms with van der Waals surface area (Å²) < 4.78 is 0.884. The van der Waals surface area contributed by atoms with Gasteiger partial charge in [-0.1, -0.05) is 103 Å². The van der Waals surface area contributed by atoms with Crippen LogP contribution in [0.1, 0.15) is 135 Å². The number of rotatable bonds is 24. The van der Waals surface area contributed by atoms with Crippen molar-refractivity contribution in [1.82, 2.24) is 0 Å². The summed E-state index contributed by atoms with van der Waals surface area (Å²) in [4.78, 5) is 10.5. The molecule has 0 bridgehead atoms. The molecule has 0 amide bonds. The number of unbranched alkanes of at least 4 members (excludes halogenated alkanes) is 16. The van der Waals surface area contributed by atoms with Gasteiger partial charge in [0.1, 0.15) is 12.6 Å². The lowest BCUT2D eigenvalue weighted by molar-refractivity contribution is -0.893. The fourth-order valence-corrected chi connectivity index (χ4v) is 4.50. The first-order chi connectivity index (χ1) is 14.9. The molecule has 0 aliphatic carbocycles. The molecule has 0 radical (unpaired) electrons. The van der Waals surface area contributed by atoms with Gasteiger partial charge in [-0.2, -0.15) is 0 Å². The van der Waals surface area contributed by atoms with E-state index < -0.39 is 5.97 Å². The lowest BCUT2D eigenvalue weighted by atomic mass is 10.0. The first-order valence-electron chi connectivity index (χ1n) is 13.6. The van der Waals surface area contributed by atoms with Crippen molar-refractivity contribution in [3.8, 4) is 0 Å². The highest BCUT2D eigenvalue weighted by Crippen LogP contribution is 2.15. The first-order valence-corrected chi connectivity index (χ1v) is 13.6. The molecule has 0 saturated heterocycles. The average Bonchev–Trinajstić information content (AvgIpc) is 2.70. The highest BCUT2D eigenvalue weighted by Gasteiger charge is 2.19. The van der Waals surface area contributed by atoms with Crippen molar-refractivity contribution >= 4 is 5.97 Å². The summed E-state index contributed by atoms with van der Waals surface area (Å²) in [6.07, 6.45) is 24.1. The number of aliphatic hydroxyl groups is 1. The Morgan fingerprint density at radius 2 is 1.10 bits per heavy atom. The van der Waals surface area contributed by atoms with Crippen molar-refractivity contribution in [2.75, 3.05) is 27.2 Å². The second-order valence-corrected chi connectivity index (χ2v) is 10.4. The average molecular weight is 443 g/mol. The monoisotopic (exact) mass is 442 g/mol. The Labute approximate surface area is 194 Å². The standard InChI is InChI=1S/C27H55NO3/c1-4-5-6-7-8-9-10-11-12-13-14-16-19-22-26(29)25-28(2,3)24-21-18-15-17-20-23-27(30)31/h26,29H,4-25H2,1-3H3/p+1. The summed E-state index contributed by atoms with van der Waals surface area (Å²) in [5.74, 6) is -0.685. The maximum atomic E-state index is 10.5. The number of carbonyl (C=O) groups is 1. The Morgan fingerprint density at radius 3 is 1.58 bits per heavy atom. The van der Waals surface area contributed by atoms with Gasteiger partial charge in [0.2, 0.25) is 0 Å². The fourth-order valence-electron chi connectivity index (χ4n) is 4.50. The van der Waals surface area contributed by atoms with Crippen molar-refractivity contribution in [2.45, 2.75) is 141 Å². The molecule has 0 saturated carbocycles. The van der Waals surface area contributed by atoms with E-state index in [1.165, 1.54) is 77.0 Å². The number of hydrogen-bond acceptors (Lipinski definition) is 2. The van der Waals surface area contributed by atoms with Crippen molar-refractivity contribution in [3.05, 3.63) is 0 Å². The van der Waals surface area contributed by atoms with Crippen LogP contribution in [-0.4, -0.2) is 54.0 Å². The number of nitrogens with zero attached hydrogens (tertiary/aromatic N) is 1. The van der Waals surface area contributed by atoms with Gasteiger partial charge in [0.25, 0.3) is 0 Å². The molecule has 0 fully saturated rings. The SMILES string of the molecule is CCCCCCCCCCCCCCCC(O)C[N+](C)(C)CCCCCCCC(=O)O. The van der Waals surface area contributed by atoms with Gasteiger partial charge in [-0.25, -0.2) is 0 Å². The van der Waals surface area contributed by atoms with E-state index in [0.717, 1.165) is 62.5 Å². The van der Waals surface area contributed by atoms with E-state index in [9.17, 15) is 9.90 Å². The van der Waals surface area contributed by atoms with Crippen LogP contribution < -0.4 is 0 Å². The second kappa shape index (κ2) is 21.2. The molecule has 4 nitrogen and oxygen atoms in total. The zero-order valence-corrected chi connectivity index (χ0v) is 21.4. The third kappa shape index (κ3) is 23.9. The summed E-state index contributed by atoms with van der Waals surface area (Å²) in [5.41, 5.74) is 0. The zero-order valence-electron chi connectivity index (χ0n) is 21.4. The maximum absolute atomic E-state index is 10.5. The summed E-state index contributed by atoms with van der Waals surface area (Å²) in [6.45, 7) is 4.21. The molecular formula is C27H56NO3+. The minimum Gasteiger partial charge on any atom is -0.481 e. The molecule has 0 rings (SSSR count). The molecular weight excluding hydrogens is 386 g/mol. The van der Waals surface area contributed by atoms with Gasteiger partial charge in [-0.05, 0) is 25.7 Å². The number of aliphatic hydroxyl groups excluding tert-OH is 1. The lowest BCUT2D eigenvalue weighted by Gasteiger charge is -2.32. The van der Waals surface area contributed by atoms with Gasteiger partial charge in [-0.3, -0.25) is 4.79 Å². The lowest BCUT2D eigenvalue weighted by Crippen LogP contribution is -2.45. The van der Waals surface area contributed by atoms with Crippen molar-refractivity contribution in [2.24, 2.45) is 0 Å². The second-order valence-electron chi connectivity index (χ2n) is 10.4.